The highest BCUT2D eigenvalue weighted by Gasteiger charge is 2.36. The van der Waals surface area contributed by atoms with Crippen LogP contribution in [0, 0.1) is 10.8 Å². The van der Waals surface area contributed by atoms with Crippen molar-refractivity contribution in [3.8, 4) is 0 Å². The second-order valence-electron chi connectivity index (χ2n) is 4.94. The predicted octanol–water partition coefficient (Wildman–Crippen LogP) is 1.52. The van der Waals surface area contributed by atoms with Crippen LogP contribution in [0.5, 0.6) is 0 Å². The molecule has 4 heteroatoms. The van der Waals surface area contributed by atoms with E-state index in [1.807, 2.05) is 0 Å². The summed E-state index contributed by atoms with van der Waals surface area (Å²) in [5, 5.41) is 8.52. The summed E-state index contributed by atoms with van der Waals surface area (Å²) in [5.41, 5.74) is 0.325. The molecule has 0 bridgehead atoms. The molecule has 0 aliphatic heterocycles. The Morgan fingerprint density at radius 1 is 1.14 bits per heavy atom. The number of ketones is 1. The van der Waals surface area contributed by atoms with Crippen LogP contribution < -0.4 is 5.48 Å². The summed E-state index contributed by atoms with van der Waals surface area (Å²) >= 11 is 0. The quantitative estimate of drug-likeness (QED) is 0.535. The summed E-state index contributed by atoms with van der Waals surface area (Å²) in [6, 6.07) is 0. The first-order valence-electron chi connectivity index (χ1n) is 4.59. The van der Waals surface area contributed by atoms with Crippen molar-refractivity contribution in [3.63, 3.8) is 0 Å². The highest BCUT2D eigenvalue weighted by atomic mass is 16.5. The molecule has 0 aliphatic rings. The normalized spacial score (nSPS) is 12.4. The van der Waals surface area contributed by atoms with Gasteiger partial charge in [-0.3, -0.25) is 14.8 Å². The minimum Gasteiger partial charge on any atom is -0.299 e. The molecule has 1 amide bonds. The molecule has 0 aromatic rings. The average molecular weight is 201 g/mol. The van der Waals surface area contributed by atoms with Crippen LogP contribution in [0.1, 0.15) is 41.0 Å². The molecule has 2 N–H and O–H groups in total. The van der Waals surface area contributed by atoms with E-state index in [1.165, 1.54) is 6.92 Å². The summed E-state index contributed by atoms with van der Waals surface area (Å²) in [6.45, 7) is 8.49. The van der Waals surface area contributed by atoms with Gasteiger partial charge in [0, 0.05) is 10.8 Å². The fraction of sp³-hybridized carbons (Fsp3) is 0.800. The van der Waals surface area contributed by atoms with Gasteiger partial charge >= 0.3 is 0 Å². The van der Waals surface area contributed by atoms with Crippen molar-refractivity contribution in [1.82, 2.24) is 5.48 Å². The Morgan fingerprint density at radius 3 is 1.86 bits per heavy atom. The van der Waals surface area contributed by atoms with Crippen molar-refractivity contribution in [2.24, 2.45) is 10.8 Å². The Morgan fingerprint density at radius 2 is 1.57 bits per heavy atom. The Balaban J connectivity index is 4.66. The van der Waals surface area contributed by atoms with Gasteiger partial charge in [0.2, 0.25) is 5.91 Å². The summed E-state index contributed by atoms with van der Waals surface area (Å²) < 4.78 is 0. The number of carbonyl (C=O) groups is 2. The SMILES string of the molecule is CC(=O)C(C)(C)CC(C)(C)C(=O)NO. The molecule has 0 atom stereocenters. The van der Waals surface area contributed by atoms with Crippen LogP contribution in [0.3, 0.4) is 0 Å². The molecule has 0 aromatic carbocycles. The summed E-state index contributed by atoms with van der Waals surface area (Å²) in [4.78, 5) is 22.5. The number of hydrogen-bond donors (Lipinski definition) is 2. The molecule has 0 rings (SSSR count). The lowest BCUT2D eigenvalue weighted by molar-refractivity contribution is -0.141. The topological polar surface area (TPSA) is 66.4 Å². The van der Waals surface area contributed by atoms with Gasteiger partial charge in [-0.15, -0.1) is 0 Å². The minimum absolute atomic E-state index is 0.0383. The van der Waals surface area contributed by atoms with Gasteiger partial charge in [-0.05, 0) is 13.3 Å². The lowest BCUT2D eigenvalue weighted by Gasteiger charge is -2.31. The maximum absolute atomic E-state index is 11.3. The van der Waals surface area contributed by atoms with Gasteiger partial charge in [-0.1, -0.05) is 27.7 Å². The first-order chi connectivity index (χ1) is 6.13. The largest absolute Gasteiger partial charge is 0.299 e. The Labute approximate surface area is 84.6 Å². The highest BCUT2D eigenvalue weighted by Crippen LogP contribution is 2.34. The van der Waals surface area contributed by atoms with Crippen molar-refractivity contribution in [3.05, 3.63) is 0 Å². The zero-order valence-corrected chi connectivity index (χ0v) is 9.47. The van der Waals surface area contributed by atoms with Crippen LogP contribution in [-0.4, -0.2) is 16.9 Å². The molecular formula is C10H19NO3. The predicted molar refractivity (Wildman–Crippen MR) is 52.8 cm³/mol. The number of hydrogen-bond acceptors (Lipinski definition) is 3. The second-order valence-corrected chi connectivity index (χ2v) is 4.94. The smallest absolute Gasteiger partial charge is 0.249 e. The van der Waals surface area contributed by atoms with Gasteiger partial charge in [0.25, 0.3) is 0 Å². The number of nitrogens with one attached hydrogen (secondary N) is 1. The number of carbonyl (C=O) groups excluding carboxylic acids is 2. The van der Waals surface area contributed by atoms with Gasteiger partial charge in [0.15, 0.2) is 0 Å². The fourth-order valence-corrected chi connectivity index (χ4v) is 1.46. The van der Waals surface area contributed by atoms with E-state index >= 15 is 0 Å². The van der Waals surface area contributed by atoms with Crippen LogP contribution in [0.2, 0.25) is 0 Å². The van der Waals surface area contributed by atoms with Crippen LogP contribution in [-0.2, 0) is 9.59 Å². The summed E-state index contributed by atoms with van der Waals surface area (Å²) in [6.07, 6.45) is 0.404. The lowest BCUT2D eigenvalue weighted by Crippen LogP contribution is -2.40. The summed E-state index contributed by atoms with van der Waals surface area (Å²) in [7, 11) is 0. The van der Waals surface area contributed by atoms with E-state index in [0.717, 1.165) is 0 Å². The zero-order valence-electron chi connectivity index (χ0n) is 9.47. The molecule has 14 heavy (non-hydrogen) atoms. The molecule has 0 heterocycles. The van der Waals surface area contributed by atoms with Crippen molar-refractivity contribution in [2.75, 3.05) is 0 Å². The van der Waals surface area contributed by atoms with Crippen LogP contribution in [0.4, 0.5) is 0 Å². The molecule has 82 valence electrons. The van der Waals surface area contributed by atoms with E-state index in [-0.39, 0.29) is 5.78 Å². The van der Waals surface area contributed by atoms with Crippen molar-refractivity contribution in [2.45, 2.75) is 41.0 Å². The Hall–Kier alpha value is -0.900. The van der Waals surface area contributed by atoms with E-state index < -0.39 is 16.7 Å². The van der Waals surface area contributed by atoms with Gasteiger partial charge in [-0.25, -0.2) is 5.48 Å². The monoisotopic (exact) mass is 201 g/mol. The molecule has 0 spiro atoms. The molecule has 0 radical (unpaired) electrons. The van der Waals surface area contributed by atoms with E-state index in [4.69, 9.17) is 5.21 Å². The molecule has 0 aliphatic carbocycles. The minimum atomic E-state index is -0.746. The average Bonchev–Trinajstić information content (AvgIpc) is 2.00. The molecule has 0 aromatic heterocycles. The molecule has 4 nitrogen and oxygen atoms in total. The van der Waals surface area contributed by atoms with Crippen molar-refractivity contribution >= 4 is 11.7 Å². The number of amides is 1. The third-order valence-corrected chi connectivity index (χ3v) is 2.55. The van der Waals surface area contributed by atoms with E-state index in [1.54, 1.807) is 33.2 Å². The van der Waals surface area contributed by atoms with Crippen molar-refractivity contribution in [1.29, 1.82) is 0 Å². The lowest BCUT2D eigenvalue weighted by atomic mass is 9.73. The van der Waals surface area contributed by atoms with Crippen LogP contribution in [0.15, 0.2) is 0 Å². The number of Topliss-reactive ketones (excluding diaryl/α,β-unsaturated/α-hetero) is 1. The first kappa shape index (κ1) is 13.1. The number of rotatable bonds is 4. The molecule has 0 unspecified atom stereocenters. The second kappa shape index (κ2) is 4.09. The fourth-order valence-electron chi connectivity index (χ4n) is 1.46. The van der Waals surface area contributed by atoms with Crippen LogP contribution >= 0.6 is 0 Å². The highest BCUT2D eigenvalue weighted by molar-refractivity contribution is 5.84. The summed E-state index contributed by atoms with van der Waals surface area (Å²) in [5.74, 6) is -0.428. The van der Waals surface area contributed by atoms with E-state index in [2.05, 4.69) is 0 Å². The van der Waals surface area contributed by atoms with Gasteiger partial charge < -0.3 is 0 Å². The Bertz CT molecular complexity index is 244. The van der Waals surface area contributed by atoms with E-state index in [9.17, 15) is 9.59 Å². The molecular weight excluding hydrogens is 182 g/mol. The molecule has 0 saturated carbocycles. The van der Waals surface area contributed by atoms with Gasteiger partial charge in [0.05, 0.1) is 0 Å². The third-order valence-electron chi connectivity index (χ3n) is 2.55. The van der Waals surface area contributed by atoms with Gasteiger partial charge in [-0.2, -0.15) is 0 Å². The third kappa shape index (κ3) is 3.10. The maximum Gasteiger partial charge on any atom is 0.249 e. The Kier molecular flexibility index (Phi) is 3.82. The van der Waals surface area contributed by atoms with E-state index in [0.29, 0.717) is 6.42 Å². The maximum atomic E-state index is 11.3. The molecule has 0 fully saturated rings. The van der Waals surface area contributed by atoms with Crippen molar-refractivity contribution < 1.29 is 14.8 Å². The van der Waals surface area contributed by atoms with Gasteiger partial charge in [0.1, 0.15) is 5.78 Å². The standard InChI is InChI=1S/C10H19NO3/c1-7(12)9(2,3)6-10(4,5)8(13)11-14/h14H,6H2,1-5H3,(H,11,13). The van der Waals surface area contributed by atoms with Crippen LogP contribution in [0.25, 0.3) is 0 Å². The number of hydroxylamine groups is 1. The zero-order chi connectivity index (χ0) is 11.6. The molecule has 0 saturated heterocycles. The first-order valence-corrected chi connectivity index (χ1v) is 4.59.